The van der Waals surface area contributed by atoms with Gasteiger partial charge < -0.3 is 14.9 Å². The van der Waals surface area contributed by atoms with Gasteiger partial charge in [-0.25, -0.2) is 4.79 Å². The molecular formula is C15H19N3O3. The van der Waals surface area contributed by atoms with Gasteiger partial charge >= 0.3 is 5.97 Å². The highest BCUT2D eigenvalue weighted by Crippen LogP contribution is 2.14. The molecule has 1 aliphatic rings. The predicted octanol–water partition coefficient (Wildman–Crippen LogP) is 0.957. The standard InChI is InChI=1S/C15H19N3O3/c1-17-7-2-8-18(10-9-17)15(21)13-5-6-16-11-12(13)3-4-14(19)20/h3-6,11H,2,7-10H2,1H3,(H,19,20). The Labute approximate surface area is 123 Å². The lowest BCUT2D eigenvalue weighted by atomic mass is 10.1. The van der Waals surface area contributed by atoms with E-state index in [1.54, 1.807) is 12.3 Å². The highest BCUT2D eigenvalue weighted by Gasteiger charge is 2.20. The molecule has 21 heavy (non-hydrogen) atoms. The Morgan fingerprint density at radius 2 is 2.10 bits per heavy atom. The second-order valence-electron chi connectivity index (χ2n) is 5.08. The van der Waals surface area contributed by atoms with Gasteiger partial charge in [0.15, 0.2) is 0 Å². The van der Waals surface area contributed by atoms with Gasteiger partial charge in [-0.05, 0) is 32.2 Å². The average molecular weight is 289 g/mol. The van der Waals surface area contributed by atoms with Gasteiger partial charge in [0.25, 0.3) is 5.91 Å². The van der Waals surface area contributed by atoms with Gasteiger partial charge in [0.1, 0.15) is 0 Å². The maximum absolute atomic E-state index is 12.6. The Hall–Kier alpha value is -2.21. The first-order valence-electron chi connectivity index (χ1n) is 6.91. The van der Waals surface area contributed by atoms with Gasteiger partial charge in [-0.15, -0.1) is 0 Å². The fourth-order valence-corrected chi connectivity index (χ4v) is 2.32. The third kappa shape index (κ3) is 4.13. The van der Waals surface area contributed by atoms with Crippen molar-refractivity contribution in [3.8, 4) is 0 Å². The van der Waals surface area contributed by atoms with Gasteiger partial charge in [0, 0.05) is 49.2 Å². The maximum atomic E-state index is 12.6. The van der Waals surface area contributed by atoms with Crippen LogP contribution in [0.25, 0.3) is 6.08 Å². The van der Waals surface area contributed by atoms with E-state index in [-0.39, 0.29) is 5.91 Å². The Bertz CT molecular complexity index is 557. The third-order valence-electron chi connectivity index (χ3n) is 3.49. The zero-order chi connectivity index (χ0) is 15.2. The van der Waals surface area contributed by atoms with Crippen molar-refractivity contribution < 1.29 is 14.7 Å². The molecule has 0 radical (unpaired) electrons. The summed E-state index contributed by atoms with van der Waals surface area (Å²) in [5.74, 6) is -1.12. The molecule has 2 heterocycles. The van der Waals surface area contributed by atoms with Crippen LogP contribution in [0, 0.1) is 0 Å². The molecule has 0 unspecified atom stereocenters. The van der Waals surface area contributed by atoms with E-state index >= 15 is 0 Å². The lowest BCUT2D eigenvalue weighted by Gasteiger charge is -2.21. The number of hydrogen-bond donors (Lipinski definition) is 1. The maximum Gasteiger partial charge on any atom is 0.328 e. The minimum absolute atomic E-state index is 0.0715. The largest absolute Gasteiger partial charge is 0.478 e. The first kappa shape index (κ1) is 15.2. The van der Waals surface area contributed by atoms with Crippen molar-refractivity contribution in [3.05, 3.63) is 35.7 Å². The molecule has 0 bridgehead atoms. The van der Waals surface area contributed by atoms with Crippen LogP contribution in [0.5, 0.6) is 0 Å². The van der Waals surface area contributed by atoms with E-state index < -0.39 is 5.97 Å². The number of hydrogen-bond acceptors (Lipinski definition) is 4. The molecule has 0 saturated carbocycles. The number of carboxylic acid groups (broad SMARTS) is 1. The number of carboxylic acids is 1. The average Bonchev–Trinajstić information content (AvgIpc) is 2.69. The molecule has 0 atom stereocenters. The number of aliphatic carboxylic acids is 1. The van der Waals surface area contributed by atoms with Crippen molar-refractivity contribution in [2.75, 3.05) is 33.2 Å². The quantitative estimate of drug-likeness (QED) is 0.839. The molecule has 1 saturated heterocycles. The van der Waals surface area contributed by atoms with Crippen LogP contribution in [0.3, 0.4) is 0 Å². The summed E-state index contributed by atoms with van der Waals surface area (Å²) in [6.07, 6.45) is 6.43. The highest BCUT2D eigenvalue weighted by atomic mass is 16.4. The normalized spacial score (nSPS) is 16.9. The van der Waals surface area contributed by atoms with Crippen LogP contribution in [0.15, 0.2) is 24.5 Å². The molecule has 6 nitrogen and oxygen atoms in total. The minimum Gasteiger partial charge on any atom is -0.478 e. The second-order valence-corrected chi connectivity index (χ2v) is 5.08. The fourth-order valence-electron chi connectivity index (χ4n) is 2.32. The lowest BCUT2D eigenvalue weighted by molar-refractivity contribution is -0.131. The summed E-state index contributed by atoms with van der Waals surface area (Å²) in [5, 5.41) is 8.71. The van der Waals surface area contributed by atoms with Crippen LogP contribution in [0.1, 0.15) is 22.3 Å². The third-order valence-corrected chi connectivity index (χ3v) is 3.49. The monoisotopic (exact) mass is 289 g/mol. The summed E-state index contributed by atoms with van der Waals surface area (Å²) >= 11 is 0. The Morgan fingerprint density at radius 3 is 2.86 bits per heavy atom. The summed E-state index contributed by atoms with van der Waals surface area (Å²) in [6, 6.07) is 1.64. The number of carbonyl (C=O) groups excluding carboxylic acids is 1. The number of amides is 1. The Balaban J connectivity index is 2.20. The smallest absolute Gasteiger partial charge is 0.328 e. The van der Waals surface area contributed by atoms with E-state index in [0.29, 0.717) is 24.2 Å². The summed E-state index contributed by atoms with van der Waals surface area (Å²) < 4.78 is 0. The van der Waals surface area contributed by atoms with Crippen LogP contribution in [-0.2, 0) is 4.79 Å². The summed E-state index contributed by atoms with van der Waals surface area (Å²) in [4.78, 5) is 31.2. The zero-order valence-corrected chi connectivity index (χ0v) is 12.0. The SMILES string of the molecule is CN1CCCN(C(=O)c2ccncc2C=CC(=O)O)CC1. The molecular weight excluding hydrogens is 270 g/mol. The molecule has 0 aliphatic carbocycles. The first-order chi connectivity index (χ1) is 10.1. The van der Waals surface area contributed by atoms with Crippen LogP contribution >= 0.6 is 0 Å². The first-order valence-corrected chi connectivity index (χ1v) is 6.91. The molecule has 1 N–H and O–H groups in total. The van der Waals surface area contributed by atoms with Gasteiger partial charge in [0.05, 0.1) is 0 Å². The van der Waals surface area contributed by atoms with Crippen molar-refractivity contribution >= 4 is 18.0 Å². The van der Waals surface area contributed by atoms with E-state index in [0.717, 1.165) is 25.6 Å². The summed E-state index contributed by atoms with van der Waals surface area (Å²) in [7, 11) is 2.04. The van der Waals surface area contributed by atoms with Crippen molar-refractivity contribution in [1.82, 2.24) is 14.8 Å². The molecule has 2 rings (SSSR count). The van der Waals surface area contributed by atoms with Crippen LogP contribution in [0.4, 0.5) is 0 Å². The predicted molar refractivity (Wildman–Crippen MR) is 78.9 cm³/mol. The van der Waals surface area contributed by atoms with E-state index in [1.165, 1.54) is 12.3 Å². The van der Waals surface area contributed by atoms with Gasteiger partial charge in [-0.1, -0.05) is 0 Å². The van der Waals surface area contributed by atoms with Crippen LogP contribution in [-0.4, -0.2) is 65.0 Å². The van der Waals surface area contributed by atoms with E-state index in [9.17, 15) is 9.59 Å². The number of likely N-dealkylation sites (N-methyl/N-ethyl adjacent to an activating group) is 1. The Kier molecular flexibility index (Phi) is 5.05. The molecule has 1 aromatic heterocycles. The summed E-state index contributed by atoms with van der Waals surface area (Å²) in [5.41, 5.74) is 1.02. The number of carbonyl (C=O) groups is 2. The van der Waals surface area contributed by atoms with Crippen molar-refractivity contribution in [3.63, 3.8) is 0 Å². The minimum atomic E-state index is -1.05. The van der Waals surface area contributed by atoms with Gasteiger partial charge in [0.2, 0.25) is 0 Å². The fraction of sp³-hybridized carbons (Fsp3) is 0.400. The van der Waals surface area contributed by atoms with Gasteiger partial charge in [-0.3, -0.25) is 9.78 Å². The zero-order valence-electron chi connectivity index (χ0n) is 12.0. The number of rotatable bonds is 3. The van der Waals surface area contributed by atoms with E-state index in [4.69, 9.17) is 5.11 Å². The van der Waals surface area contributed by atoms with Crippen LogP contribution < -0.4 is 0 Å². The number of aromatic nitrogens is 1. The van der Waals surface area contributed by atoms with Crippen molar-refractivity contribution in [2.24, 2.45) is 0 Å². The highest BCUT2D eigenvalue weighted by molar-refractivity contribution is 5.98. The van der Waals surface area contributed by atoms with E-state index in [2.05, 4.69) is 9.88 Å². The molecule has 0 aromatic carbocycles. The Morgan fingerprint density at radius 1 is 1.29 bits per heavy atom. The van der Waals surface area contributed by atoms with Crippen LogP contribution in [0.2, 0.25) is 0 Å². The topological polar surface area (TPSA) is 73.7 Å². The molecule has 1 aliphatic heterocycles. The second kappa shape index (κ2) is 6.99. The molecule has 1 aromatic rings. The molecule has 0 spiro atoms. The molecule has 1 amide bonds. The van der Waals surface area contributed by atoms with Crippen molar-refractivity contribution in [1.29, 1.82) is 0 Å². The number of nitrogens with zero attached hydrogens (tertiary/aromatic N) is 3. The molecule has 1 fully saturated rings. The molecule has 112 valence electrons. The van der Waals surface area contributed by atoms with Crippen molar-refractivity contribution in [2.45, 2.75) is 6.42 Å². The summed E-state index contributed by atoms with van der Waals surface area (Å²) in [6.45, 7) is 3.22. The lowest BCUT2D eigenvalue weighted by Crippen LogP contribution is -2.34. The van der Waals surface area contributed by atoms with E-state index in [1.807, 2.05) is 11.9 Å². The van der Waals surface area contributed by atoms with Gasteiger partial charge in [-0.2, -0.15) is 0 Å². The number of pyridine rings is 1. The molecule has 6 heteroatoms.